The number of anilines is 1. The maximum absolute atomic E-state index is 13.5. The highest BCUT2D eigenvalue weighted by molar-refractivity contribution is 6.33. The van der Waals surface area contributed by atoms with Gasteiger partial charge in [-0.05, 0) is 36.6 Å². The van der Waals surface area contributed by atoms with Gasteiger partial charge in [-0.3, -0.25) is 14.5 Å². The first kappa shape index (κ1) is 25.5. The number of piperazine rings is 1. The van der Waals surface area contributed by atoms with E-state index in [-0.39, 0.29) is 16.5 Å². The van der Waals surface area contributed by atoms with Crippen LogP contribution in [-0.2, 0) is 6.54 Å². The van der Waals surface area contributed by atoms with Crippen molar-refractivity contribution >= 4 is 34.2 Å². The quantitative estimate of drug-likeness (QED) is 0.376. The Bertz CT molecular complexity index is 1610. The molecular formula is C28H26ClN7O2. The van der Waals surface area contributed by atoms with Gasteiger partial charge in [0.05, 0.1) is 28.2 Å². The largest absolute Gasteiger partial charge is 0.338 e. The summed E-state index contributed by atoms with van der Waals surface area (Å²) in [5, 5.41) is 10.4. The Balaban J connectivity index is 1.38. The van der Waals surface area contributed by atoms with Crippen LogP contribution in [0.15, 0.2) is 53.5 Å². The summed E-state index contributed by atoms with van der Waals surface area (Å²) in [6, 6.07) is 15.9. The van der Waals surface area contributed by atoms with Gasteiger partial charge in [0.25, 0.3) is 5.56 Å². The molecule has 1 fully saturated rings. The number of rotatable bonds is 6. The Morgan fingerprint density at radius 2 is 1.87 bits per heavy atom. The molecule has 0 amide bonds. The molecule has 2 aromatic heterocycles. The summed E-state index contributed by atoms with van der Waals surface area (Å²) < 4.78 is 0. The second kappa shape index (κ2) is 10.7. The van der Waals surface area contributed by atoms with Crippen molar-refractivity contribution in [2.45, 2.75) is 26.3 Å². The number of nitrogens with zero attached hydrogens (tertiary/aromatic N) is 6. The van der Waals surface area contributed by atoms with Gasteiger partial charge in [-0.2, -0.15) is 5.26 Å². The maximum atomic E-state index is 13.5. The molecule has 0 aliphatic carbocycles. The third kappa shape index (κ3) is 5.14. The predicted molar refractivity (Wildman–Crippen MR) is 145 cm³/mol. The van der Waals surface area contributed by atoms with E-state index >= 15 is 0 Å². The molecule has 2 aromatic carbocycles. The zero-order valence-corrected chi connectivity index (χ0v) is 21.9. The number of H-pyrrole nitrogens is 1. The molecule has 1 N–H and O–H groups in total. The van der Waals surface area contributed by atoms with Crippen LogP contribution >= 0.6 is 11.6 Å². The summed E-state index contributed by atoms with van der Waals surface area (Å²) in [6.07, 6.45) is 1.38. The van der Waals surface area contributed by atoms with E-state index in [0.29, 0.717) is 29.9 Å². The van der Waals surface area contributed by atoms with Crippen molar-refractivity contribution in [2.75, 3.05) is 31.1 Å². The Morgan fingerprint density at radius 3 is 2.58 bits per heavy atom. The van der Waals surface area contributed by atoms with Gasteiger partial charge in [0.1, 0.15) is 11.5 Å². The number of hydrogen-bond acceptors (Lipinski definition) is 8. The number of aromatic amines is 1. The normalized spacial score (nSPS) is 14.8. The van der Waals surface area contributed by atoms with E-state index in [0.717, 1.165) is 30.8 Å². The molecule has 3 heterocycles. The number of Topliss-reactive ketones (excluding diaryl/α,β-unsaturated/α-hetero) is 1. The topological polar surface area (TPSA) is 119 Å². The third-order valence-corrected chi connectivity index (χ3v) is 6.97. The number of carbonyl (C=O) groups is 1. The van der Waals surface area contributed by atoms with Crippen LogP contribution in [0.3, 0.4) is 0 Å². The number of ketones is 1. The highest BCUT2D eigenvalue weighted by Crippen LogP contribution is 2.25. The molecule has 10 heteroatoms. The Labute approximate surface area is 224 Å². The fourth-order valence-corrected chi connectivity index (χ4v) is 4.95. The van der Waals surface area contributed by atoms with E-state index in [9.17, 15) is 14.9 Å². The van der Waals surface area contributed by atoms with Crippen molar-refractivity contribution in [1.29, 1.82) is 5.26 Å². The van der Waals surface area contributed by atoms with Crippen molar-refractivity contribution in [2.24, 2.45) is 0 Å². The summed E-state index contributed by atoms with van der Waals surface area (Å²) in [4.78, 5) is 46.5. The molecule has 0 bridgehead atoms. The predicted octanol–water partition coefficient (Wildman–Crippen LogP) is 3.80. The number of carbonyl (C=O) groups excluding carboxylic acids is 1. The molecule has 5 rings (SSSR count). The summed E-state index contributed by atoms with van der Waals surface area (Å²) in [5.74, 6) is -1.68. The molecule has 0 radical (unpaired) electrons. The monoisotopic (exact) mass is 527 g/mol. The fraction of sp³-hybridized carbons (Fsp3) is 0.286. The van der Waals surface area contributed by atoms with Gasteiger partial charge in [-0.1, -0.05) is 48.0 Å². The molecule has 1 aliphatic rings. The molecule has 38 heavy (non-hydrogen) atoms. The molecule has 1 atom stereocenters. The molecule has 0 spiro atoms. The van der Waals surface area contributed by atoms with Gasteiger partial charge in [0.15, 0.2) is 5.92 Å². The molecule has 1 saturated heterocycles. The van der Waals surface area contributed by atoms with Crippen LogP contribution in [0.4, 0.5) is 5.95 Å². The van der Waals surface area contributed by atoms with Crippen LogP contribution in [0.5, 0.6) is 0 Å². The number of hydrogen-bond donors (Lipinski definition) is 1. The van der Waals surface area contributed by atoms with E-state index in [1.807, 2.05) is 49.1 Å². The number of halogens is 1. The van der Waals surface area contributed by atoms with Crippen LogP contribution in [-0.4, -0.2) is 56.8 Å². The molecule has 1 unspecified atom stereocenters. The summed E-state index contributed by atoms with van der Waals surface area (Å²) in [5.41, 5.74) is 2.93. The first-order valence-electron chi connectivity index (χ1n) is 12.3. The summed E-state index contributed by atoms with van der Waals surface area (Å²) in [6.45, 7) is 7.57. The minimum absolute atomic E-state index is 0.0345. The standard InChI is InChI=1S/C28H26ClN7O2/c1-17-12-18(2)23-20(13-17)27(38)34-26(32-23)21(14-30)25(37)24-22(29)15-31-28(33-24)36-10-8-35(9-11-36)16-19-6-4-3-5-7-19/h3-7,12-13,15,21H,8-11,16H2,1-2H3,(H,32,34,38). The number of aryl methyl sites for hydroxylation is 2. The lowest BCUT2D eigenvalue weighted by Gasteiger charge is -2.34. The molecule has 192 valence electrons. The van der Waals surface area contributed by atoms with E-state index in [2.05, 4.69) is 37.0 Å². The van der Waals surface area contributed by atoms with Crippen molar-refractivity contribution in [3.63, 3.8) is 0 Å². The van der Waals surface area contributed by atoms with Gasteiger partial charge < -0.3 is 9.88 Å². The molecular weight excluding hydrogens is 502 g/mol. The van der Waals surface area contributed by atoms with E-state index < -0.39 is 17.3 Å². The number of aromatic nitrogens is 4. The lowest BCUT2D eigenvalue weighted by atomic mass is 10.0. The van der Waals surface area contributed by atoms with Crippen LogP contribution in [0, 0.1) is 25.2 Å². The third-order valence-electron chi connectivity index (χ3n) is 6.70. The van der Waals surface area contributed by atoms with E-state index in [1.165, 1.54) is 11.8 Å². The zero-order valence-electron chi connectivity index (χ0n) is 21.1. The average molecular weight is 528 g/mol. The van der Waals surface area contributed by atoms with Crippen molar-refractivity contribution in [3.8, 4) is 6.07 Å². The minimum atomic E-state index is -1.38. The van der Waals surface area contributed by atoms with Gasteiger partial charge in [-0.15, -0.1) is 0 Å². The maximum Gasteiger partial charge on any atom is 0.258 e. The smallest absolute Gasteiger partial charge is 0.258 e. The van der Waals surface area contributed by atoms with E-state index in [1.54, 1.807) is 6.07 Å². The molecule has 1 aliphatic heterocycles. The van der Waals surface area contributed by atoms with Gasteiger partial charge in [0.2, 0.25) is 11.7 Å². The minimum Gasteiger partial charge on any atom is -0.338 e. The average Bonchev–Trinajstić information content (AvgIpc) is 2.91. The first-order chi connectivity index (χ1) is 18.3. The van der Waals surface area contributed by atoms with Crippen LogP contribution in [0.2, 0.25) is 5.02 Å². The zero-order chi connectivity index (χ0) is 26.8. The lowest BCUT2D eigenvalue weighted by Crippen LogP contribution is -2.46. The highest BCUT2D eigenvalue weighted by atomic mass is 35.5. The number of nitriles is 1. The Morgan fingerprint density at radius 1 is 1.13 bits per heavy atom. The second-order valence-electron chi connectivity index (χ2n) is 9.47. The Hall–Kier alpha value is -4.13. The van der Waals surface area contributed by atoms with Gasteiger partial charge >= 0.3 is 0 Å². The number of fused-ring (bicyclic) bond motifs is 1. The van der Waals surface area contributed by atoms with Gasteiger partial charge in [0, 0.05) is 32.7 Å². The second-order valence-corrected chi connectivity index (χ2v) is 9.88. The molecule has 9 nitrogen and oxygen atoms in total. The van der Waals surface area contributed by atoms with Crippen LogP contribution < -0.4 is 10.5 Å². The van der Waals surface area contributed by atoms with Crippen molar-refractivity contribution in [3.05, 3.63) is 92.2 Å². The van der Waals surface area contributed by atoms with Crippen LogP contribution in [0.25, 0.3) is 10.9 Å². The van der Waals surface area contributed by atoms with Crippen molar-refractivity contribution < 1.29 is 4.79 Å². The number of nitrogens with one attached hydrogen (secondary N) is 1. The SMILES string of the molecule is Cc1cc(C)c2nc(C(C#N)C(=O)c3nc(N4CCN(Cc5ccccc5)CC4)ncc3Cl)[nH]c(=O)c2c1. The van der Waals surface area contributed by atoms with Crippen LogP contribution in [0.1, 0.15) is 38.9 Å². The van der Waals surface area contributed by atoms with Gasteiger partial charge in [-0.25, -0.2) is 15.0 Å². The first-order valence-corrected chi connectivity index (χ1v) is 12.7. The fourth-order valence-electron chi connectivity index (χ4n) is 4.76. The van der Waals surface area contributed by atoms with Crippen molar-refractivity contribution in [1.82, 2.24) is 24.8 Å². The number of benzene rings is 2. The molecule has 0 saturated carbocycles. The molecule has 4 aromatic rings. The highest BCUT2D eigenvalue weighted by Gasteiger charge is 2.30. The summed E-state index contributed by atoms with van der Waals surface area (Å²) in [7, 11) is 0. The van der Waals surface area contributed by atoms with E-state index in [4.69, 9.17) is 11.6 Å². The Kier molecular flexibility index (Phi) is 7.18. The summed E-state index contributed by atoms with van der Waals surface area (Å²) >= 11 is 6.33. The lowest BCUT2D eigenvalue weighted by molar-refractivity contribution is 0.0971.